The first-order valence-corrected chi connectivity index (χ1v) is 4.72. The van der Waals surface area contributed by atoms with E-state index in [1.165, 1.54) is 0 Å². The van der Waals surface area contributed by atoms with E-state index >= 15 is 0 Å². The largest absolute Gasteiger partial charge is 0.354 e. The molecule has 2 nitrogen and oxygen atoms in total. The van der Waals surface area contributed by atoms with Gasteiger partial charge in [-0.25, -0.2) is 0 Å². The maximum absolute atomic E-state index is 5.42. The summed E-state index contributed by atoms with van der Waals surface area (Å²) in [7, 11) is 0. The van der Waals surface area contributed by atoms with E-state index in [-0.39, 0.29) is 0 Å². The van der Waals surface area contributed by atoms with E-state index in [4.69, 9.17) is 21.1 Å². The highest BCUT2D eigenvalue weighted by atomic mass is 35.5. The summed E-state index contributed by atoms with van der Waals surface area (Å²) in [5, 5.41) is 0. The molecule has 0 atom stereocenters. The monoisotopic (exact) mass is 200 g/mol. The standard InChI is InChI=1S/C10H13ClO2/c11-6-7-12-9-13-8-10-4-2-1-3-5-10/h1-5H,6-9H2. The minimum atomic E-state index is 0.307. The Morgan fingerprint density at radius 3 is 2.54 bits per heavy atom. The molecule has 0 saturated carbocycles. The Morgan fingerprint density at radius 1 is 1.08 bits per heavy atom. The molecule has 72 valence electrons. The average molecular weight is 201 g/mol. The van der Waals surface area contributed by atoms with Gasteiger partial charge >= 0.3 is 0 Å². The first-order valence-electron chi connectivity index (χ1n) is 4.19. The van der Waals surface area contributed by atoms with Gasteiger partial charge in [-0.3, -0.25) is 0 Å². The predicted octanol–water partition coefficient (Wildman–Crippen LogP) is 2.42. The molecule has 0 aromatic heterocycles. The topological polar surface area (TPSA) is 18.5 Å². The van der Waals surface area contributed by atoms with Crippen molar-refractivity contribution in [2.75, 3.05) is 19.3 Å². The summed E-state index contributed by atoms with van der Waals surface area (Å²) < 4.78 is 10.3. The molecule has 0 aliphatic carbocycles. The second-order valence-corrected chi connectivity index (χ2v) is 2.93. The lowest BCUT2D eigenvalue weighted by atomic mass is 10.2. The first-order chi connectivity index (χ1) is 6.43. The number of ether oxygens (including phenoxy) is 2. The fraction of sp³-hybridized carbons (Fsp3) is 0.400. The Bertz CT molecular complexity index is 213. The number of hydrogen-bond acceptors (Lipinski definition) is 2. The zero-order chi connectivity index (χ0) is 9.36. The number of alkyl halides is 1. The van der Waals surface area contributed by atoms with Crippen LogP contribution in [0.2, 0.25) is 0 Å². The van der Waals surface area contributed by atoms with Crippen LogP contribution in [-0.4, -0.2) is 19.3 Å². The fourth-order valence-electron chi connectivity index (χ4n) is 0.906. The van der Waals surface area contributed by atoms with Crippen LogP contribution < -0.4 is 0 Å². The zero-order valence-corrected chi connectivity index (χ0v) is 8.17. The van der Waals surface area contributed by atoms with Crippen molar-refractivity contribution in [2.45, 2.75) is 6.61 Å². The summed E-state index contributed by atoms with van der Waals surface area (Å²) in [5.74, 6) is 0.509. The molecular weight excluding hydrogens is 188 g/mol. The van der Waals surface area contributed by atoms with E-state index in [1.807, 2.05) is 30.3 Å². The smallest absolute Gasteiger partial charge is 0.147 e. The van der Waals surface area contributed by atoms with Gasteiger partial charge in [0, 0.05) is 5.88 Å². The van der Waals surface area contributed by atoms with Gasteiger partial charge in [0.1, 0.15) is 6.79 Å². The minimum absolute atomic E-state index is 0.307. The highest BCUT2D eigenvalue weighted by Gasteiger charge is 1.90. The molecule has 1 aromatic rings. The molecule has 0 aliphatic heterocycles. The number of halogens is 1. The van der Waals surface area contributed by atoms with E-state index in [0.717, 1.165) is 5.56 Å². The van der Waals surface area contributed by atoms with Gasteiger partial charge in [-0.05, 0) is 5.56 Å². The first kappa shape index (κ1) is 10.5. The van der Waals surface area contributed by atoms with Crippen LogP contribution in [0.1, 0.15) is 5.56 Å². The van der Waals surface area contributed by atoms with Crippen molar-refractivity contribution in [3.63, 3.8) is 0 Å². The molecular formula is C10H13ClO2. The average Bonchev–Trinajstić information content (AvgIpc) is 2.19. The Kier molecular flexibility index (Phi) is 5.57. The van der Waals surface area contributed by atoms with Crippen LogP contribution in [0.5, 0.6) is 0 Å². The van der Waals surface area contributed by atoms with Crippen LogP contribution in [0.4, 0.5) is 0 Å². The van der Waals surface area contributed by atoms with Crippen molar-refractivity contribution in [2.24, 2.45) is 0 Å². The number of rotatable bonds is 6. The number of hydrogen-bond donors (Lipinski definition) is 0. The summed E-state index contributed by atoms with van der Waals surface area (Å²) in [6, 6.07) is 9.98. The molecule has 0 fully saturated rings. The van der Waals surface area contributed by atoms with Crippen molar-refractivity contribution >= 4 is 11.6 Å². The molecule has 0 bridgehead atoms. The van der Waals surface area contributed by atoms with E-state index in [1.54, 1.807) is 0 Å². The Balaban J connectivity index is 2.07. The van der Waals surface area contributed by atoms with E-state index in [9.17, 15) is 0 Å². The molecule has 13 heavy (non-hydrogen) atoms. The van der Waals surface area contributed by atoms with E-state index < -0.39 is 0 Å². The summed E-state index contributed by atoms with van der Waals surface area (Å²) in [6.07, 6.45) is 0. The number of benzene rings is 1. The Labute approximate surface area is 83.4 Å². The summed E-state index contributed by atoms with van der Waals surface area (Å²) in [5.41, 5.74) is 1.15. The van der Waals surface area contributed by atoms with Gasteiger partial charge in [-0.2, -0.15) is 0 Å². The van der Waals surface area contributed by atoms with Crippen LogP contribution in [-0.2, 0) is 16.1 Å². The summed E-state index contributed by atoms with van der Waals surface area (Å²) in [6.45, 7) is 1.43. The van der Waals surface area contributed by atoms with Crippen LogP contribution in [0.25, 0.3) is 0 Å². The molecule has 0 amide bonds. The summed E-state index contributed by atoms with van der Waals surface area (Å²) >= 11 is 5.42. The molecule has 0 saturated heterocycles. The second kappa shape index (κ2) is 6.89. The molecule has 0 heterocycles. The maximum Gasteiger partial charge on any atom is 0.147 e. The molecule has 0 unspecified atom stereocenters. The molecule has 0 aliphatic rings. The van der Waals surface area contributed by atoms with Crippen molar-refractivity contribution in [1.29, 1.82) is 0 Å². The molecule has 1 aromatic carbocycles. The zero-order valence-electron chi connectivity index (χ0n) is 7.41. The lowest BCUT2D eigenvalue weighted by Gasteiger charge is -2.03. The predicted molar refractivity (Wildman–Crippen MR) is 52.8 cm³/mol. The van der Waals surface area contributed by atoms with Gasteiger partial charge in [0.05, 0.1) is 13.2 Å². The molecule has 0 N–H and O–H groups in total. The van der Waals surface area contributed by atoms with Crippen molar-refractivity contribution in [3.8, 4) is 0 Å². The van der Waals surface area contributed by atoms with Gasteiger partial charge < -0.3 is 9.47 Å². The van der Waals surface area contributed by atoms with Gasteiger partial charge in [0.25, 0.3) is 0 Å². The van der Waals surface area contributed by atoms with Gasteiger partial charge in [0.15, 0.2) is 0 Å². The quantitative estimate of drug-likeness (QED) is 0.399. The fourth-order valence-corrected chi connectivity index (χ4v) is 1.02. The third kappa shape index (κ3) is 4.88. The van der Waals surface area contributed by atoms with Crippen LogP contribution in [0, 0.1) is 0 Å². The maximum atomic E-state index is 5.42. The van der Waals surface area contributed by atoms with E-state index in [0.29, 0.717) is 25.9 Å². The van der Waals surface area contributed by atoms with Crippen LogP contribution in [0.15, 0.2) is 30.3 Å². The van der Waals surface area contributed by atoms with Gasteiger partial charge in [0.2, 0.25) is 0 Å². The second-order valence-electron chi connectivity index (χ2n) is 2.55. The molecule has 0 spiro atoms. The SMILES string of the molecule is ClCCOCOCc1ccccc1. The minimum Gasteiger partial charge on any atom is -0.354 e. The van der Waals surface area contributed by atoms with Crippen LogP contribution in [0.3, 0.4) is 0 Å². The highest BCUT2D eigenvalue weighted by molar-refractivity contribution is 6.17. The highest BCUT2D eigenvalue weighted by Crippen LogP contribution is 1.99. The van der Waals surface area contributed by atoms with Gasteiger partial charge in [-0.1, -0.05) is 30.3 Å². The van der Waals surface area contributed by atoms with E-state index in [2.05, 4.69) is 0 Å². The molecule has 0 radical (unpaired) electrons. The molecule has 3 heteroatoms. The van der Waals surface area contributed by atoms with Gasteiger partial charge in [-0.15, -0.1) is 11.6 Å². The Morgan fingerprint density at radius 2 is 1.85 bits per heavy atom. The summed E-state index contributed by atoms with van der Waals surface area (Å²) in [4.78, 5) is 0. The van der Waals surface area contributed by atoms with Crippen molar-refractivity contribution in [3.05, 3.63) is 35.9 Å². The van der Waals surface area contributed by atoms with Crippen molar-refractivity contribution < 1.29 is 9.47 Å². The molecule has 1 rings (SSSR count). The lowest BCUT2D eigenvalue weighted by molar-refractivity contribution is -0.0565. The van der Waals surface area contributed by atoms with Crippen LogP contribution >= 0.6 is 11.6 Å². The normalized spacial score (nSPS) is 10.2. The van der Waals surface area contributed by atoms with Crippen molar-refractivity contribution in [1.82, 2.24) is 0 Å². The Hall–Kier alpha value is -0.570. The third-order valence-corrected chi connectivity index (χ3v) is 1.65. The lowest BCUT2D eigenvalue weighted by Crippen LogP contribution is -2.02. The third-order valence-electron chi connectivity index (χ3n) is 1.50.